The number of ether oxygens (including phenoxy) is 1. The average molecular weight is 374 g/mol. The number of hydrogen-bond donors (Lipinski definition) is 1. The van der Waals surface area contributed by atoms with E-state index in [9.17, 15) is 13.6 Å². The van der Waals surface area contributed by atoms with Gasteiger partial charge in [-0.05, 0) is 43.3 Å². The van der Waals surface area contributed by atoms with Crippen LogP contribution in [0.15, 0.2) is 65.7 Å². The number of para-hydroxylation sites is 1. The van der Waals surface area contributed by atoms with E-state index in [0.29, 0.717) is 5.69 Å². The van der Waals surface area contributed by atoms with Crippen molar-refractivity contribution in [2.75, 3.05) is 5.32 Å². The number of nitrogens with zero attached hydrogens (tertiary/aromatic N) is 1. The highest BCUT2D eigenvalue weighted by atomic mass is 32.2. The normalized spacial score (nSPS) is 12.2. The molecule has 26 heavy (non-hydrogen) atoms. The second-order valence-corrected chi connectivity index (χ2v) is 6.86. The molecule has 0 spiro atoms. The number of nitrogens with one attached hydrogen (secondary N) is 1. The molecular formula is C19H16F2N2O2S. The van der Waals surface area contributed by atoms with Crippen LogP contribution < -0.4 is 10.1 Å². The molecule has 1 atom stereocenters. The van der Waals surface area contributed by atoms with Gasteiger partial charge in [-0.2, -0.15) is 8.78 Å². The number of aromatic nitrogens is 1. The summed E-state index contributed by atoms with van der Waals surface area (Å²) in [6, 6.07) is 17.4. The molecule has 3 rings (SSSR count). The van der Waals surface area contributed by atoms with Crippen LogP contribution in [0.2, 0.25) is 0 Å². The molecule has 3 aromatic rings. The molecule has 1 N–H and O–H groups in total. The number of anilines is 1. The van der Waals surface area contributed by atoms with Crippen molar-refractivity contribution in [3.8, 4) is 5.75 Å². The van der Waals surface area contributed by atoms with Gasteiger partial charge in [-0.1, -0.05) is 36.0 Å². The quantitative estimate of drug-likeness (QED) is 0.620. The van der Waals surface area contributed by atoms with E-state index in [4.69, 9.17) is 0 Å². The first-order chi connectivity index (χ1) is 12.5. The molecule has 134 valence electrons. The molecule has 0 bridgehead atoms. The van der Waals surface area contributed by atoms with Gasteiger partial charge in [0.15, 0.2) is 0 Å². The molecule has 0 aliphatic rings. The van der Waals surface area contributed by atoms with E-state index in [2.05, 4.69) is 15.0 Å². The molecule has 0 aliphatic carbocycles. The first kappa shape index (κ1) is 18.1. The van der Waals surface area contributed by atoms with Gasteiger partial charge in [0.25, 0.3) is 0 Å². The maximum Gasteiger partial charge on any atom is 0.387 e. The van der Waals surface area contributed by atoms with Gasteiger partial charge in [0.1, 0.15) is 5.75 Å². The molecule has 1 heterocycles. The molecule has 0 saturated heterocycles. The summed E-state index contributed by atoms with van der Waals surface area (Å²) in [7, 11) is 0. The molecule has 4 nitrogen and oxygen atoms in total. The molecule has 0 fully saturated rings. The Balaban J connectivity index is 1.61. The Labute approximate surface area is 153 Å². The lowest BCUT2D eigenvalue weighted by molar-refractivity contribution is -0.115. The van der Waals surface area contributed by atoms with E-state index < -0.39 is 6.61 Å². The molecule has 0 radical (unpaired) electrons. The van der Waals surface area contributed by atoms with Gasteiger partial charge in [-0.3, -0.25) is 4.79 Å². The number of carbonyl (C=O) groups excluding carboxylic acids is 1. The molecule has 7 heteroatoms. The molecule has 2 aromatic carbocycles. The third kappa shape index (κ3) is 4.70. The Bertz CT molecular complexity index is 903. The highest BCUT2D eigenvalue weighted by Crippen LogP contribution is 2.25. The standard InChI is InChI=1S/C19H16F2N2O2S/c1-12(26-17-11-6-13-4-2-3-5-16(13)23-17)18(24)22-14-7-9-15(10-8-14)25-19(20)21/h2-12,19H,1H3,(H,22,24). The van der Waals surface area contributed by atoms with Gasteiger partial charge in [0.2, 0.25) is 5.91 Å². The minimum Gasteiger partial charge on any atom is -0.435 e. The van der Waals surface area contributed by atoms with Gasteiger partial charge in [-0.25, -0.2) is 4.98 Å². The monoisotopic (exact) mass is 374 g/mol. The van der Waals surface area contributed by atoms with Gasteiger partial charge < -0.3 is 10.1 Å². The third-order valence-electron chi connectivity index (χ3n) is 3.59. The summed E-state index contributed by atoms with van der Waals surface area (Å²) in [5.74, 6) is -0.159. The van der Waals surface area contributed by atoms with Crippen LogP contribution in [0.5, 0.6) is 5.75 Å². The molecule has 1 amide bonds. The second kappa shape index (κ2) is 8.14. The predicted molar refractivity (Wildman–Crippen MR) is 98.8 cm³/mol. The molecule has 0 saturated carbocycles. The fourth-order valence-electron chi connectivity index (χ4n) is 2.31. The van der Waals surface area contributed by atoms with Crippen molar-refractivity contribution < 1.29 is 18.3 Å². The van der Waals surface area contributed by atoms with Crippen LogP contribution in [-0.2, 0) is 4.79 Å². The SMILES string of the molecule is CC(Sc1ccc2ccccc2n1)C(=O)Nc1ccc(OC(F)F)cc1. The van der Waals surface area contributed by atoms with Crippen LogP contribution in [0.1, 0.15) is 6.92 Å². The number of halogens is 2. The van der Waals surface area contributed by atoms with Crippen molar-refractivity contribution in [3.63, 3.8) is 0 Å². The van der Waals surface area contributed by atoms with Gasteiger partial charge >= 0.3 is 6.61 Å². The average Bonchev–Trinajstić information content (AvgIpc) is 2.62. The number of carbonyl (C=O) groups is 1. The van der Waals surface area contributed by atoms with Crippen molar-refractivity contribution in [2.24, 2.45) is 0 Å². The van der Waals surface area contributed by atoms with E-state index in [0.717, 1.165) is 15.9 Å². The Morgan fingerprint density at radius 3 is 2.54 bits per heavy atom. The summed E-state index contributed by atoms with van der Waals surface area (Å²) in [4.78, 5) is 16.9. The number of hydrogen-bond acceptors (Lipinski definition) is 4. The van der Waals surface area contributed by atoms with E-state index in [1.807, 2.05) is 36.4 Å². The number of fused-ring (bicyclic) bond motifs is 1. The van der Waals surface area contributed by atoms with E-state index in [-0.39, 0.29) is 16.9 Å². The Morgan fingerprint density at radius 2 is 1.81 bits per heavy atom. The maximum absolute atomic E-state index is 12.3. The van der Waals surface area contributed by atoms with E-state index in [1.165, 1.54) is 36.0 Å². The van der Waals surface area contributed by atoms with Crippen LogP contribution in [-0.4, -0.2) is 22.8 Å². The maximum atomic E-state index is 12.3. The zero-order valence-corrected chi connectivity index (χ0v) is 14.7. The molecule has 1 unspecified atom stereocenters. The summed E-state index contributed by atoms with van der Waals surface area (Å²) in [5.41, 5.74) is 1.38. The molecule has 0 aliphatic heterocycles. The lowest BCUT2D eigenvalue weighted by atomic mass is 10.2. The summed E-state index contributed by atoms with van der Waals surface area (Å²) in [6.07, 6.45) is 0. The van der Waals surface area contributed by atoms with Gasteiger partial charge in [-0.15, -0.1) is 0 Å². The largest absolute Gasteiger partial charge is 0.435 e. The van der Waals surface area contributed by atoms with Crippen molar-refractivity contribution in [3.05, 3.63) is 60.7 Å². The highest BCUT2D eigenvalue weighted by molar-refractivity contribution is 8.00. The lowest BCUT2D eigenvalue weighted by Gasteiger charge is -2.12. The number of benzene rings is 2. The Hall–Kier alpha value is -2.67. The van der Waals surface area contributed by atoms with Crippen LogP contribution in [0.4, 0.5) is 14.5 Å². The van der Waals surface area contributed by atoms with Crippen LogP contribution >= 0.6 is 11.8 Å². The first-order valence-electron chi connectivity index (χ1n) is 7.89. The van der Waals surface area contributed by atoms with Crippen molar-refractivity contribution >= 4 is 34.3 Å². The smallest absolute Gasteiger partial charge is 0.387 e. The van der Waals surface area contributed by atoms with E-state index >= 15 is 0 Å². The number of pyridine rings is 1. The summed E-state index contributed by atoms with van der Waals surface area (Å²) in [6.45, 7) is -1.09. The van der Waals surface area contributed by atoms with Crippen LogP contribution in [0.3, 0.4) is 0 Å². The molecule has 1 aromatic heterocycles. The number of rotatable bonds is 6. The number of alkyl halides is 2. The van der Waals surface area contributed by atoms with Crippen LogP contribution in [0.25, 0.3) is 10.9 Å². The number of thioether (sulfide) groups is 1. The van der Waals surface area contributed by atoms with Crippen molar-refractivity contribution in [1.29, 1.82) is 0 Å². The molecular weight excluding hydrogens is 358 g/mol. The van der Waals surface area contributed by atoms with Crippen molar-refractivity contribution in [2.45, 2.75) is 23.8 Å². The third-order valence-corrected chi connectivity index (χ3v) is 4.62. The number of amides is 1. The van der Waals surface area contributed by atoms with E-state index in [1.54, 1.807) is 6.92 Å². The zero-order valence-electron chi connectivity index (χ0n) is 13.9. The second-order valence-electron chi connectivity index (χ2n) is 5.49. The summed E-state index contributed by atoms with van der Waals surface area (Å²) in [5, 5.41) is 4.17. The highest BCUT2D eigenvalue weighted by Gasteiger charge is 2.16. The zero-order chi connectivity index (χ0) is 18.5. The van der Waals surface area contributed by atoms with Crippen LogP contribution in [0, 0.1) is 0 Å². The summed E-state index contributed by atoms with van der Waals surface area (Å²) >= 11 is 1.35. The van der Waals surface area contributed by atoms with Crippen molar-refractivity contribution in [1.82, 2.24) is 4.98 Å². The minimum atomic E-state index is -2.87. The van der Waals surface area contributed by atoms with Gasteiger partial charge in [0, 0.05) is 11.1 Å². The van der Waals surface area contributed by atoms with Gasteiger partial charge in [0.05, 0.1) is 15.8 Å². The predicted octanol–water partition coefficient (Wildman–Crippen LogP) is 4.96. The fraction of sp³-hybridized carbons (Fsp3) is 0.158. The first-order valence-corrected chi connectivity index (χ1v) is 8.77. The fourth-order valence-corrected chi connectivity index (χ4v) is 3.14. The Morgan fingerprint density at radius 1 is 1.08 bits per heavy atom. The summed E-state index contributed by atoms with van der Waals surface area (Å²) < 4.78 is 28.6. The Kier molecular flexibility index (Phi) is 5.68. The lowest BCUT2D eigenvalue weighted by Crippen LogP contribution is -2.22. The minimum absolute atomic E-state index is 0.0424. The topological polar surface area (TPSA) is 51.2 Å².